The first-order valence-corrected chi connectivity index (χ1v) is 7.39. The van der Waals surface area contributed by atoms with Crippen LogP contribution in [-0.4, -0.2) is 37.6 Å². The maximum absolute atomic E-state index is 4.48. The average Bonchev–Trinajstić information content (AvgIpc) is 3.18. The van der Waals surface area contributed by atoms with E-state index in [1.165, 1.54) is 12.8 Å². The fraction of sp³-hybridized carbons (Fsp3) is 0.400. The largest absolute Gasteiger partial charge is 0.356 e. The minimum Gasteiger partial charge on any atom is -0.356 e. The summed E-state index contributed by atoms with van der Waals surface area (Å²) in [6.07, 6.45) is 11.7. The van der Waals surface area contributed by atoms with Gasteiger partial charge in [-0.15, -0.1) is 0 Å². The molecule has 3 aromatic heterocycles. The van der Waals surface area contributed by atoms with Crippen LogP contribution in [0, 0.1) is 5.92 Å². The van der Waals surface area contributed by atoms with Crippen molar-refractivity contribution in [3.8, 4) is 0 Å². The number of H-pyrrole nitrogens is 1. The fourth-order valence-corrected chi connectivity index (χ4v) is 3.13. The number of fused-ring (bicyclic) bond motifs is 1. The molecule has 0 aliphatic carbocycles. The molecule has 0 saturated carbocycles. The number of rotatable bonds is 3. The van der Waals surface area contributed by atoms with Gasteiger partial charge in [0.2, 0.25) is 0 Å². The molecule has 4 rings (SSSR count). The van der Waals surface area contributed by atoms with Crippen molar-refractivity contribution in [1.29, 1.82) is 0 Å². The molecule has 0 amide bonds. The van der Waals surface area contributed by atoms with E-state index in [-0.39, 0.29) is 0 Å². The van der Waals surface area contributed by atoms with Crippen LogP contribution in [0.1, 0.15) is 12.8 Å². The van der Waals surface area contributed by atoms with Crippen molar-refractivity contribution in [3.63, 3.8) is 0 Å². The highest BCUT2D eigenvalue weighted by Crippen LogP contribution is 2.27. The summed E-state index contributed by atoms with van der Waals surface area (Å²) in [7, 11) is 0. The lowest BCUT2D eigenvalue weighted by Crippen LogP contribution is -2.35. The van der Waals surface area contributed by atoms with Gasteiger partial charge in [-0.3, -0.25) is 0 Å². The maximum atomic E-state index is 4.48. The minimum atomic E-state index is 0.721. The Balaban J connectivity index is 1.46. The quantitative estimate of drug-likeness (QED) is 0.799. The average molecular weight is 282 g/mol. The Morgan fingerprint density at radius 2 is 2.14 bits per heavy atom. The molecular weight excluding hydrogens is 264 g/mol. The zero-order valence-corrected chi connectivity index (χ0v) is 11.8. The summed E-state index contributed by atoms with van der Waals surface area (Å²) in [6.45, 7) is 3.17. The van der Waals surface area contributed by atoms with Gasteiger partial charge in [0.05, 0.1) is 11.7 Å². The van der Waals surface area contributed by atoms with E-state index >= 15 is 0 Å². The molecule has 0 radical (unpaired) electrons. The summed E-state index contributed by atoms with van der Waals surface area (Å²) in [4.78, 5) is 18.4. The van der Waals surface area contributed by atoms with Crippen molar-refractivity contribution in [2.45, 2.75) is 19.4 Å². The summed E-state index contributed by atoms with van der Waals surface area (Å²) in [5.41, 5.74) is 0.917. The Bertz CT molecular complexity index is 709. The number of piperidine rings is 1. The first-order chi connectivity index (χ1) is 10.4. The molecule has 1 saturated heterocycles. The monoisotopic (exact) mass is 282 g/mol. The number of aromatic amines is 1. The van der Waals surface area contributed by atoms with Crippen LogP contribution in [0.25, 0.3) is 11.0 Å². The molecule has 108 valence electrons. The topological polar surface area (TPSA) is 62.6 Å². The van der Waals surface area contributed by atoms with Gasteiger partial charge in [0, 0.05) is 38.2 Å². The normalized spacial score (nSPS) is 16.7. The van der Waals surface area contributed by atoms with Crippen LogP contribution in [-0.2, 0) is 6.54 Å². The first kappa shape index (κ1) is 12.4. The number of aromatic nitrogens is 5. The lowest BCUT2D eigenvalue weighted by molar-refractivity contribution is 0.356. The fourth-order valence-electron chi connectivity index (χ4n) is 3.13. The van der Waals surface area contributed by atoms with E-state index in [9.17, 15) is 0 Å². The van der Waals surface area contributed by atoms with Crippen molar-refractivity contribution in [1.82, 2.24) is 24.5 Å². The maximum Gasteiger partial charge on any atom is 0.142 e. The van der Waals surface area contributed by atoms with Crippen molar-refractivity contribution < 1.29 is 0 Å². The van der Waals surface area contributed by atoms with Crippen molar-refractivity contribution in [2.24, 2.45) is 5.92 Å². The van der Waals surface area contributed by atoms with E-state index in [2.05, 4.69) is 35.5 Å². The van der Waals surface area contributed by atoms with Crippen LogP contribution in [0.2, 0.25) is 0 Å². The van der Waals surface area contributed by atoms with Crippen molar-refractivity contribution >= 4 is 16.9 Å². The Kier molecular flexibility index (Phi) is 3.06. The molecule has 21 heavy (non-hydrogen) atoms. The van der Waals surface area contributed by atoms with E-state index in [1.54, 1.807) is 6.33 Å². The van der Waals surface area contributed by atoms with Crippen LogP contribution in [0.15, 0.2) is 37.3 Å². The summed E-state index contributed by atoms with van der Waals surface area (Å²) >= 11 is 0. The Morgan fingerprint density at radius 3 is 2.95 bits per heavy atom. The van der Waals surface area contributed by atoms with Crippen molar-refractivity contribution in [2.75, 3.05) is 18.0 Å². The molecule has 1 aliphatic rings. The second-order valence-electron chi connectivity index (χ2n) is 5.63. The summed E-state index contributed by atoms with van der Waals surface area (Å²) in [5.74, 6) is 1.78. The Labute approximate surface area is 122 Å². The van der Waals surface area contributed by atoms with Gasteiger partial charge in [-0.25, -0.2) is 15.0 Å². The van der Waals surface area contributed by atoms with Gasteiger partial charge in [0.1, 0.15) is 17.8 Å². The van der Waals surface area contributed by atoms with Crippen molar-refractivity contribution in [3.05, 3.63) is 37.3 Å². The van der Waals surface area contributed by atoms with Crippen LogP contribution in [0.4, 0.5) is 5.82 Å². The number of hydrogen-bond acceptors (Lipinski definition) is 4. The molecule has 4 heterocycles. The molecule has 0 unspecified atom stereocenters. The standard InChI is InChI=1S/C15H18N6/c1-4-17-14-13(1)15(19-10-18-14)21-6-2-12(3-7-21)9-20-8-5-16-11-20/h1,4-5,8,10-12H,2-3,6-7,9H2,(H,17,18,19). The lowest BCUT2D eigenvalue weighted by Gasteiger charge is -2.33. The Hall–Kier alpha value is -2.37. The molecule has 1 aliphatic heterocycles. The second-order valence-corrected chi connectivity index (χ2v) is 5.63. The third-order valence-corrected chi connectivity index (χ3v) is 4.28. The van der Waals surface area contributed by atoms with Gasteiger partial charge < -0.3 is 14.5 Å². The lowest BCUT2D eigenvalue weighted by atomic mass is 9.96. The smallest absolute Gasteiger partial charge is 0.142 e. The molecule has 0 atom stereocenters. The SMILES string of the molecule is c1cn(CC2CCN(c3ncnc4[nH]ccc34)CC2)cn1. The Morgan fingerprint density at radius 1 is 1.24 bits per heavy atom. The molecule has 0 aromatic carbocycles. The van der Waals surface area contributed by atoms with Gasteiger partial charge in [-0.2, -0.15) is 0 Å². The van der Waals surface area contributed by atoms with Gasteiger partial charge in [0.15, 0.2) is 0 Å². The molecule has 0 spiro atoms. The van der Waals surface area contributed by atoms with E-state index in [0.717, 1.165) is 42.4 Å². The van der Waals surface area contributed by atoms with E-state index in [4.69, 9.17) is 0 Å². The molecule has 1 N–H and O–H groups in total. The third-order valence-electron chi connectivity index (χ3n) is 4.28. The van der Waals surface area contributed by atoms with Crippen LogP contribution >= 0.6 is 0 Å². The second kappa shape index (κ2) is 5.20. The third kappa shape index (κ3) is 2.37. The molecule has 1 fully saturated rings. The zero-order valence-electron chi connectivity index (χ0n) is 11.8. The summed E-state index contributed by atoms with van der Waals surface area (Å²) < 4.78 is 2.18. The van der Waals surface area contributed by atoms with Gasteiger partial charge in [0.25, 0.3) is 0 Å². The van der Waals surface area contributed by atoms with E-state index < -0.39 is 0 Å². The highest BCUT2D eigenvalue weighted by atomic mass is 15.2. The summed E-state index contributed by atoms with van der Waals surface area (Å²) in [5, 5.41) is 1.12. The summed E-state index contributed by atoms with van der Waals surface area (Å²) in [6, 6.07) is 2.06. The van der Waals surface area contributed by atoms with Crippen LogP contribution < -0.4 is 4.90 Å². The van der Waals surface area contributed by atoms with Gasteiger partial charge in [-0.05, 0) is 24.8 Å². The molecule has 0 bridgehead atoms. The number of imidazole rings is 1. The van der Waals surface area contributed by atoms with Gasteiger partial charge >= 0.3 is 0 Å². The molecule has 3 aromatic rings. The zero-order chi connectivity index (χ0) is 14.1. The van der Waals surface area contributed by atoms with Gasteiger partial charge in [-0.1, -0.05) is 0 Å². The molecule has 6 nitrogen and oxygen atoms in total. The highest BCUT2D eigenvalue weighted by molar-refractivity contribution is 5.87. The van der Waals surface area contributed by atoms with E-state index in [1.807, 2.05) is 24.9 Å². The van der Waals surface area contributed by atoms with Crippen LogP contribution in [0.5, 0.6) is 0 Å². The minimum absolute atomic E-state index is 0.721. The van der Waals surface area contributed by atoms with E-state index in [0.29, 0.717) is 0 Å². The predicted octanol–water partition coefficient (Wildman–Crippen LogP) is 2.07. The molecule has 6 heteroatoms. The molecular formula is C15H18N6. The number of nitrogens with one attached hydrogen (secondary N) is 1. The first-order valence-electron chi connectivity index (χ1n) is 7.39. The predicted molar refractivity (Wildman–Crippen MR) is 81.1 cm³/mol. The van der Waals surface area contributed by atoms with Crippen LogP contribution in [0.3, 0.4) is 0 Å². The number of anilines is 1. The number of hydrogen-bond donors (Lipinski definition) is 1. The highest BCUT2D eigenvalue weighted by Gasteiger charge is 2.22. The number of nitrogens with zero attached hydrogens (tertiary/aromatic N) is 5.